The lowest BCUT2D eigenvalue weighted by Gasteiger charge is -2.40. The molecular formula is C31H30F4N6O2. The quantitative estimate of drug-likeness (QED) is 0.210. The molecule has 0 unspecified atom stereocenters. The number of carbonyl (C=O) groups excluding carboxylic acids is 1. The Bertz CT molecular complexity index is 1810. The average Bonchev–Trinajstić information content (AvgIpc) is 2.96. The van der Waals surface area contributed by atoms with Gasteiger partial charge in [-0.1, -0.05) is 32.6 Å². The van der Waals surface area contributed by atoms with Crippen molar-refractivity contribution >= 4 is 22.8 Å². The lowest BCUT2D eigenvalue weighted by molar-refractivity contribution is -0.126. The normalized spacial score (nSPS) is 15.5. The second-order valence-corrected chi connectivity index (χ2v) is 10.8. The van der Waals surface area contributed by atoms with Crippen molar-refractivity contribution < 1.29 is 22.4 Å². The van der Waals surface area contributed by atoms with Crippen LogP contribution in [0.3, 0.4) is 0 Å². The van der Waals surface area contributed by atoms with Gasteiger partial charge >= 0.3 is 5.69 Å². The molecule has 0 aliphatic carbocycles. The number of benzene rings is 1. The smallest absolute Gasteiger partial charge is 0.350 e. The third-order valence-corrected chi connectivity index (χ3v) is 7.63. The van der Waals surface area contributed by atoms with Gasteiger partial charge in [-0.3, -0.25) is 9.78 Å². The number of anilines is 1. The van der Waals surface area contributed by atoms with Gasteiger partial charge < -0.3 is 9.80 Å². The Morgan fingerprint density at radius 3 is 2.51 bits per heavy atom. The Balaban J connectivity index is 1.85. The van der Waals surface area contributed by atoms with Crippen molar-refractivity contribution in [2.75, 3.05) is 24.5 Å². The second kappa shape index (κ2) is 11.6. The van der Waals surface area contributed by atoms with E-state index in [0.717, 1.165) is 24.3 Å². The fourth-order valence-electron chi connectivity index (χ4n) is 5.56. The fraction of sp³-hybridized carbons (Fsp3) is 0.323. The molecule has 5 rings (SSSR count). The van der Waals surface area contributed by atoms with Crippen LogP contribution in [0.2, 0.25) is 0 Å². The van der Waals surface area contributed by atoms with Gasteiger partial charge in [0.2, 0.25) is 5.91 Å². The van der Waals surface area contributed by atoms with E-state index >= 15 is 8.78 Å². The van der Waals surface area contributed by atoms with Gasteiger partial charge in [0.1, 0.15) is 17.3 Å². The molecule has 0 saturated carbocycles. The van der Waals surface area contributed by atoms with Crippen LogP contribution in [0.25, 0.3) is 28.0 Å². The van der Waals surface area contributed by atoms with E-state index < -0.39 is 40.6 Å². The first-order valence-corrected chi connectivity index (χ1v) is 13.8. The van der Waals surface area contributed by atoms with Gasteiger partial charge in [0.25, 0.3) is 6.43 Å². The van der Waals surface area contributed by atoms with E-state index in [1.807, 2.05) is 20.8 Å². The average molecular weight is 595 g/mol. The van der Waals surface area contributed by atoms with Gasteiger partial charge in [-0.2, -0.15) is 4.98 Å². The van der Waals surface area contributed by atoms with E-state index in [1.165, 1.54) is 10.6 Å². The molecule has 0 radical (unpaired) electrons. The van der Waals surface area contributed by atoms with E-state index in [2.05, 4.69) is 21.5 Å². The molecular weight excluding hydrogens is 564 g/mol. The topological polar surface area (TPSA) is 84.2 Å². The molecule has 1 aliphatic rings. The SMILES string of the molecule is C=CC(=O)N1CCN(c2nc(=O)n(-c3c(C)ccnc3C(C)C)c3nc(-c4c(F)cccc4C(F)F)c(F)cc23)[C@@H](C)C1. The maximum Gasteiger partial charge on any atom is 0.355 e. The summed E-state index contributed by atoms with van der Waals surface area (Å²) in [5.41, 5.74) is -1.38. The Morgan fingerprint density at radius 2 is 1.86 bits per heavy atom. The van der Waals surface area contributed by atoms with E-state index in [1.54, 1.807) is 29.0 Å². The number of aryl methyl sites for hydroxylation is 1. The Hall–Kier alpha value is -4.61. The number of pyridine rings is 2. The zero-order chi connectivity index (χ0) is 31.2. The van der Waals surface area contributed by atoms with Crippen LogP contribution in [0.4, 0.5) is 23.4 Å². The summed E-state index contributed by atoms with van der Waals surface area (Å²) in [6, 6.07) is 5.48. The summed E-state index contributed by atoms with van der Waals surface area (Å²) in [7, 11) is 0. The fourth-order valence-corrected chi connectivity index (χ4v) is 5.56. The molecule has 1 aliphatic heterocycles. The van der Waals surface area contributed by atoms with Gasteiger partial charge in [0, 0.05) is 43.0 Å². The Labute approximate surface area is 245 Å². The zero-order valence-electron chi connectivity index (χ0n) is 24.1. The molecule has 0 N–H and O–H groups in total. The van der Waals surface area contributed by atoms with Crippen LogP contribution in [0.5, 0.6) is 0 Å². The first-order chi connectivity index (χ1) is 20.4. The van der Waals surface area contributed by atoms with Gasteiger partial charge in [0.05, 0.1) is 16.8 Å². The minimum Gasteiger partial charge on any atom is -0.350 e. The van der Waals surface area contributed by atoms with Crippen molar-refractivity contribution in [3.8, 4) is 16.9 Å². The molecule has 0 spiro atoms. The van der Waals surface area contributed by atoms with Gasteiger partial charge in [-0.05, 0) is 49.6 Å². The number of fused-ring (bicyclic) bond motifs is 1. The highest BCUT2D eigenvalue weighted by Gasteiger charge is 2.31. The van der Waals surface area contributed by atoms with Crippen LogP contribution in [0.1, 0.15) is 49.9 Å². The minimum atomic E-state index is -3.11. The van der Waals surface area contributed by atoms with E-state index in [4.69, 9.17) is 0 Å². The highest BCUT2D eigenvalue weighted by atomic mass is 19.3. The number of rotatable bonds is 6. The molecule has 224 valence electrons. The van der Waals surface area contributed by atoms with Crippen LogP contribution in [-0.2, 0) is 4.79 Å². The molecule has 3 aromatic heterocycles. The van der Waals surface area contributed by atoms with Gasteiger partial charge in [-0.15, -0.1) is 0 Å². The molecule has 1 amide bonds. The summed E-state index contributed by atoms with van der Waals surface area (Å²) in [5.74, 6) is -2.42. The number of hydrogen-bond donors (Lipinski definition) is 0. The van der Waals surface area contributed by atoms with Crippen LogP contribution >= 0.6 is 0 Å². The monoisotopic (exact) mass is 594 g/mol. The molecule has 4 aromatic rings. The number of nitrogens with zero attached hydrogens (tertiary/aromatic N) is 6. The summed E-state index contributed by atoms with van der Waals surface area (Å²) in [4.78, 5) is 42.8. The van der Waals surface area contributed by atoms with Crippen molar-refractivity contribution in [1.29, 1.82) is 0 Å². The standard InChI is InChI=1S/C31H30F4N6O2/c1-6-23(42)39-12-13-40(18(5)15-39)29-20-14-22(33)26(24-19(28(34)35)8-7-9-21(24)32)37-30(20)41(31(43)38-29)27-17(4)10-11-36-25(27)16(2)3/h6-11,14,16,18,28H,1,12-13,15H2,2-5H3/t18-/m0/s1. The summed E-state index contributed by atoms with van der Waals surface area (Å²) in [5, 5.41) is 0.115. The van der Waals surface area contributed by atoms with Crippen molar-refractivity contribution in [3.05, 3.63) is 88.1 Å². The van der Waals surface area contributed by atoms with Crippen molar-refractivity contribution in [1.82, 2.24) is 24.4 Å². The number of aromatic nitrogens is 4. The number of alkyl halides is 2. The van der Waals surface area contributed by atoms with Crippen LogP contribution in [0, 0.1) is 18.6 Å². The number of halogens is 4. The molecule has 1 saturated heterocycles. The summed E-state index contributed by atoms with van der Waals surface area (Å²) < 4.78 is 60.1. The maximum absolute atomic E-state index is 15.9. The molecule has 0 bridgehead atoms. The first kappa shape index (κ1) is 29.9. The number of amides is 1. The number of hydrogen-bond acceptors (Lipinski definition) is 6. The molecule has 12 heteroatoms. The lowest BCUT2D eigenvalue weighted by atomic mass is 10.0. The van der Waals surface area contributed by atoms with Crippen molar-refractivity contribution in [3.63, 3.8) is 0 Å². The molecule has 1 fully saturated rings. The predicted octanol–water partition coefficient (Wildman–Crippen LogP) is 5.71. The van der Waals surface area contributed by atoms with E-state index in [9.17, 15) is 18.4 Å². The van der Waals surface area contributed by atoms with Gasteiger partial charge in [-0.25, -0.2) is 31.9 Å². The number of piperazine rings is 1. The molecule has 1 atom stereocenters. The third-order valence-electron chi connectivity index (χ3n) is 7.63. The predicted molar refractivity (Wildman–Crippen MR) is 156 cm³/mol. The molecule has 1 aromatic carbocycles. The Kier molecular flexibility index (Phi) is 8.04. The first-order valence-electron chi connectivity index (χ1n) is 13.8. The van der Waals surface area contributed by atoms with Crippen LogP contribution < -0.4 is 10.6 Å². The number of carbonyl (C=O) groups is 1. The zero-order valence-corrected chi connectivity index (χ0v) is 24.1. The maximum atomic E-state index is 15.9. The third kappa shape index (κ3) is 5.26. The van der Waals surface area contributed by atoms with Crippen LogP contribution in [0.15, 0.2) is 54.0 Å². The second-order valence-electron chi connectivity index (χ2n) is 10.8. The van der Waals surface area contributed by atoms with Crippen molar-refractivity contribution in [2.45, 2.75) is 46.1 Å². The highest BCUT2D eigenvalue weighted by Crippen LogP contribution is 2.37. The van der Waals surface area contributed by atoms with E-state index in [0.29, 0.717) is 23.5 Å². The summed E-state index contributed by atoms with van der Waals surface area (Å²) in [6.45, 7) is 11.8. The summed E-state index contributed by atoms with van der Waals surface area (Å²) >= 11 is 0. The van der Waals surface area contributed by atoms with Crippen LogP contribution in [-0.4, -0.2) is 56.0 Å². The molecule has 8 nitrogen and oxygen atoms in total. The van der Waals surface area contributed by atoms with E-state index in [-0.39, 0.29) is 47.8 Å². The molecule has 4 heterocycles. The van der Waals surface area contributed by atoms with Crippen molar-refractivity contribution in [2.24, 2.45) is 0 Å². The molecule has 43 heavy (non-hydrogen) atoms. The highest BCUT2D eigenvalue weighted by molar-refractivity contribution is 5.91. The Morgan fingerprint density at radius 1 is 1.12 bits per heavy atom. The minimum absolute atomic E-state index is 0.0929. The lowest BCUT2D eigenvalue weighted by Crippen LogP contribution is -2.54. The summed E-state index contributed by atoms with van der Waals surface area (Å²) in [6.07, 6.45) is -0.292. The largest absolute Gasteiger partial charge is 0.355 e. The van der Waals surface area contributed by atoms with Gasteiger partial charge in [0.15, 0.2) is 11.5 Å².